The Morgan fingerprint density at radius 1 is 1.26 bits per heavy atom. The molecule has 3 aromatic rings. The third kappa shape index (κ3) is 4.16. The van der Waals surface area contributed by atoms with Gasteiger partial charge in [0.05, 0.1) is 12.7 Å². The first-order chi connectivity index (χ1) is 14.9. The van der Waals surface area contributed by atoms with Gasteiger partial charge in [0.1, 0.15) is 5.82 Å². The van der Waals surface area contributed by atoms with Crippen LogP contribution < -0.4 is 15.6 Å². The van der Waals surface area contributed by atoms with Crippen LogP contribution in [-0.2, 0) is 17.6 Å². The van der Waals surface area contributed by atoms with E-state index in [-0.39, 0.29) is 23.6 Å². The molecule has 2 aromatic carbocycles. The van der Waals surface area contributed by atoms with Crippen LogP contribution in [0, 0.1) is 6.92 Å². The number of nitrogens with zero attached hydrogens (tertiary/aromatic N) is 2. The Bertz CT molecular complexity index is 1220. The van der Waals surface area contributed by atoms with E-state index >= 15 is 0 Å². The van der Waals surface area contributed by atoms with Gasteiger partial charge in [-0.3, -0.25) is 9.59 Å². The number of fused-ring (bicyclic) bond motifs is 1. The van der Waals surface area contributed by atoms with Gasteiger partial charge >= 0.3 is 0 Å². The van der Waals surface area contributed by atoms with Gasteiger partial charge in [-0.1, -0.05) is 47.7 Å². The minimum atomic E-state index is -0.472. The number of aromatic nitrogens is 2. The third-order valence-corrected chi connectivity index (χ3v) is 6.46. The number of nitrogens with one attached hydrogen (secondary N) is 1. The fourth-order valence-corrected chi connectivity index (χ4v) is 4.72. The second-order valence-electron chi connectivity index (χ2n) is 7.53. The normalized spacial score (nSPS) is 15.3. The van der Waals surface area contributed by atoms with E-state index < -0.39 is 5.92 Å². The Kier molecular flexibility index (Phi) is 5.73. The molecule has 0 spiro atoms. The van der Waals surface area contributed by atoms with Gasteiger partial charge in [0.15, 0.2) is 16.7 Å². The molecule has 1 aromatic heterocycles. The first kappa shape index (κ1) is 21.0. The molecular weight excluding hydrogens is 414 g/mol. The SMILES string of the molecule is COc1cc(C2CC(=O)Nc3c2c(=O)nc(SCc2cccc(C)c2)n3C)ccc1O. The topological polar surface area (TPSA) is 93.5 Å². The van der Waals surface area contributed by atoms with E-state index in [4.69, 9.17) is 4.74 Å². The molecule has 2 heterocycles. The summed E-state index contributed by atoms with van der Waals surface area (Å²) in [6.45, 7) is 2.04. The van der Waals surface area contributed by atoms with E-state index in [1.165, 1.54) is 30.5 Å². The lowest BCUT2D eigenvalue weighted by atomic mass is 9.86. The van der Waals surface area contributed by atoms with Crippen molar-refractivity contribution in [1.29, 1.82) is 0 Å². The second-order valence-corrected chi connectivity index (χ2v) is 8.48. The molecule has 0 radical (unpaired) electrons. The first-order valence-electron chi connectivity index (χ1n) is 9.83. The number of ether oxygens (including phenoxy) is 1. The Morgan fingerprint density at radius 2 is 2.06 bits per heavy atom. The number of hydrogen-bond donors (Lipinski definition) is 2. The summed E-state index contributed by atoms with van der Waals surface area (Å²) in [5.41, 5.74) is 3.09. The summed E-state index contributed by atoms with van der Waals surface area (Å²) in [4.78, 5) is 29.9. The van der Waals surface area contributed by atoms with Crippen molar-refractivity contribution in [3.63, 3.8) is 0 Å². The lowest BCUT2D eigenvalue weighted by Crippen LogP contribution is -2.33. The average Bonchev–Trinajstić information content (AvgIpc) is 2.75. The largest absolute Gasteiger partial charge is 0.504 e. The monoisotopic (exact) mass is 437 g/mol. The molecule has 4 rings (SSSR count). The van der Waals surface area contributed by atoms with Crippen molar-refractivity contribution in [2.75, 3.05) is 12.4 Å². The number of carbonyl (C=O) groups excluding carboxylic acids is 1. The summed E-state index contributed by atoms with van der Waals surface area (Å²) >= 11 is 1.45. The second kappa shape index (κ2) is 8.47. The van der Waals surface area contributed by atoms with Gasteiger partial charge < -0.3 is 19.7 Å². The van der Waals surface area contributed by atoms with Crippen molar-refractivity contribution in [2.45, 2.75) is 30.2 Å². The van der Waals surface area contributed by atoms with E-state index in [1.807, 2.05) is 25.1 Å². The van der Waals surface area contributed by atoms with Crippen molar-refractivity contribution in [3.8, 4) is 11.5 Å². The van der Waals surface area contributed by atoms with Gasteiger partial charge in [-0.2, -0.15) is 4.98 Å². The summed E-state index contributed by atoms with van der Waals surface area (Å²) in [5.74, 6) is 0.759. The van der Waals surface area contributed by atoms with Gasteiger partial charge in [-0.25, -0.2) is 0 Å². The van der Waals surface area contributed by atoms with Crippen LogP contribution in [0.4, 0.5) is 5.82 Å². The van der Waals surface area contributed by atoms with E-state index in [1.54, 1.807) is 23.7 Å². The number of methoxy groups -OCH3 is 1. The van der Waals surface area contributed by atoms with Crippen LogP contribution in [0.15, 0.2) is 52.4 Å². The Morgan fingerprint density at radius 3 is 2.81 bits per heavy atom. The molecule has 1 aliphatic rings. The van der Waals surface area contributed by atoms with Gasteiger partial charge in [0.2, 0.25) is 5.91 Å². The standard InChI is InChI=1S/C23H23N3O4S/c1-13-5-4-6-14(9-13)12-31-23-25-22(29)20-16(11-19(28)24-21(20)26(23)2)15-7-8-17(27)18(10-15)30-3/h4-10,16,27H,11-12H2,1-3H3,(H,24,28). The van der Waals surface area contributed by atoms with Gasteiger partial charge in [0, 0.05) is 25.1 Å². The summed E-state index contributed by atoms with van der Waals surface area (Å²) in [5, 5.41) is 13.3. The molecule has 2 N–H and O–H groups in total. The molecule has 8 heteroatoms. The fraction of sp³-hybridized carbons (Fsp3) is 0.261. The fourth-order valence-electron chi connectivity index (χ4n) is 3.81. The zero-order valence-electron chi connectivity index (χ0n) is 17.5. The number of aromatic hydroxyl groups is 1. The van der Waals surface area contributed by atoms with E-state index in [0.29, 0.717) is 33.6 Å². The molecule has 0 aliphatic carbocycles. The number of amides is 1. The molecule has 0 saturated heterocycles. The van der Waals surface area contributed by atoms with Gasteiger partial charge in [-0.05, 0) is 30.2 Å². The predicted octanol–water partition coefficient (Wildman–Crippen LogP) is 3.57. The molecule has 160 valence electrons. The van der Waals surface area contributed by atoms with Crippen LogP contribution in [0.25, 0.3) is 0 Å². The van der Waals surface area contributed by atoms with E-state index in [9.17, 15) is 14.7 Å². The maximum absolute atomic E-state index is 13.0. The third-order valence-electron chi connectivity index (χ3n) is 5.36. The zero-order valence-corrected chi connectivity index (χ0v) is 18.3. The summed E-state index contributed by atoms with van der Waals surface area (Å²) in [6, 6.07) is 13.0. The average molecular weight is 438 g/mol. The lowest BCUT2D eigenvalue weighted by molar-refractivity contribution is -0.116. The lowest BCUT2D eigenvalue weighted by Gasteiger charge is -2.27. The molecule has 0 saturated carbocycles. The Labute approximate surface area is 184 Å². The van der Waals surface area contributed by atoms with Crippen LogP contribution in [-0.4, -0.2) is 27.7 Å². The summed E-state index contributed by atoms with van der Waals surface area (Å²) in [7, 11) is 3.25. The molecule has 0 bridgehead atoms. The maximum atomic E-state index is 13.0. The smallest absolute Gasteiger partial charge is 0.279 e. The minimum Gasteiger partial charge on any atom is -0.504 e. The summed E-state index contributed by atoms with van der Waals surface area (Å²) < 4.78 is 6.96. The molecular formula is C23H23N3O4S. The van der Waals surface area contributed by atoms with Gasteiger partial charge in [-0.15, -0.1) is 0 Å². The zero-order chi connectivity index (χ0) is 22.1. The first-order valence-corrected chi connectivity index (χ1v) is 10.8. The van der Waals surface area contributed by atoms with Crippen molar-refractivity contribution >= 4 is 23.5 Å². The van der Waals surface area contributed by atoms with Gasteiger partial charge in [0.25, 0.3) is 5.56 Å². The molecule has 1 amide bonds. The van der Waals surface area contributed by atoms with Crippen LogP contribution in [0.5, 0.6) is 11.5 Å². The number of thioether (sulfide) groups is 1. The van der Waals surface area contributed by atoms with Crippen LogP contribution in [0.1, 0.15) is 34.6 Å². The number of aryl methyl sites for hydroxylation is 1. The van der Waals surface area contributed by atoms with Crippen LogP contribution in [0.3, 0.4) is 0 Å². The Balaban J connectivity index is 1.72. The van der Waals surface area contributed by atoms with Crippen LogP contribution in [0.2, 0.25) is 0 Å². The minimum absolute atomic E-state index is 0.000610. The number of phenols is 1. The maximum Gasteiger partial charge on any atom is 0.279 e. The highest BCUT2D eigenvalue weighted by Crippen LogP contribution is 2.39. The number of hydrogen-bond acceptors (Lipinski definition) is 6. The molecule has 1 unspecified atom stereocenters. The van der Waals surface area contributed by atoms with Crippen molar-refractivity contribution in [3.05, 3.63) is 75.1 Å². The molecule has 1 aliphatic heterocycles. The number of benzene rings is 2. The number of rotatable bonds is 5. The van der Waals surface area contributed by atoms with E-state index in [2.05, 4.69) is 16.4 Å². The quantitative estimate of drug-likeness (QED) is 0.468. The Hall–Kier alpha value is -3.26. The highest BCUT2D eigenvalue weighted by atomic mass is 32.2. The number of phenolic OH excluding ortho intramolecular Hbond substituents is 1. The highest BCUT2D eigenvalue weighted by Gasteiger charge is 2.32. The van der Waals surface area contributed by atoms with Crippen LogP contribution >= 0.6 is 11.8 Å². The van der Waals surface area contributed by atoms with E-state index in [0.717, 1.165) is 5.56 Å². The van der Waals surface area contributed by atoms with Crippen molar-refractivity contribution in [1.82, 2.24) is 9.55 Å². The highest BCUT2D eigenvalue weighted by molar-refractivity contribution is 7.98. The van der Waals surface area contributed by atoms with Crippen molar-refractivity contribution < 1.29 is 14.6 Å². The summed E-state index contributed by atoms with van der Waals surface area (Å²) in [6.07, 6.45) is 0.119. The molecule has 7 nitrogen and oxygen atoms in total. The molecule has 31 heavy (non-hydrogen) atoms. The number of carbonyl (C=O) groups is 1. The molecule has 1 atom stereocenters. The van der Waals surface area contributed by atoms with Crippen molar-refractivity contribution in [2.24, 2.45) is 7.05 Å². The predicted molar refractivity (Wildman–Crippen MR) is 120 cm³/mol. The number of anilines is 1. The molecule has 0 fully saturated rings.